The second kappa shape index (κ2) is 20.9. The smallest absolute Gasteiger partial charge is 0.306 e. The number of aliphatic carboxylic acids is 2. The number of aryl methyl sites for hydroxylation is 4. The second-order valence-corrected chi connectivity index (χ2v) is 19.7. The van der Waals surface area contributed by atoms with E-state index in [0.29, 0.717) is 63.5 Å². The Balaban J connectivity index is 0.000000181. The van der Waals surface area contributed by atoms with Crippen LogP contribution in [0, 0.1) is 49.4 Å². The number of aromatic nitrogens is 4. The van der Waals surface area contributed by atoms with E-state index in [1.807, 2.05) is 9.80 Å². The van der Waals surface area contributed by atoms with Crippen molar-refractivity contribution in [1.82, 2.24) is 29.4 Å². The van der Waals surface area contributed by atoms with Crippen LogP contribution in [0.25, 0.3) is 0 Å². The number of nitrogens with zero attached hydrogens (tertiary/aromatic N) is 6. The minimum absolute atomic E-state index is 0.213. The van der Waals surface area contributed by atoms with Crippen LogP contribution in [-0.4, -0.2) is 76.4 Å². The van der Waals surface area contributed by atoms with E-state index < -0.39 is 11.9 Å². The molecule has 12 nitrogen and oxygen atoms in total. The molecule has 4 fully saturated rings. The molecule has 4 saturated carbocycles. The van der Waals surface area contributed by atoms with Crippen LogP contribution >= 0.6 is 0 Å². The van der Waals surface area contributed by atoms with Crippen LogP contribution in [0.15, 0.2) is 0 Å². The predicted molar refractivity (Wildman–Crippen MR) is 230 cm³/mol. The van der Waals surface area contributed by atoms with Crippen LogP contribution in [-0.2, 0) is 58.2 Å². The summed E-state index contributed by atoms with van der Waals surface area (Å²) >= 11 is 0. The van der Waals surface area contributed by atoms with Gasteiger partial charge in [0.25, 0.3) is 0 Å². The maximum absolute atomic E-state index is 13.0. The quantitative estimate of drug-likeness (QED) is 0.216. The molecule has 2 amide bonds. The molecule has 2 aliphatic heterocycles. The first-order valence-corrected chi connectivity index (χ1v) is 24.1. The number of amides is 2. The van der Waals surface area contributed by atoms with E-state index in [1.165, 1.54) is 99.6 Å². The molecule has 0 spiro atoms. The first-order valence-electron chi connectivity index (χ1n) is 24.1. The van der Waals surface area contributed by atoms with E-state index >= 15 is 0 Å². The molecule has 6 aliphatic rings. The Hall–Kier alpha value is -3.70. The van der Waals surface area contributed by atoms with Gasteiger partial charge in [-0.25, -0.2) is 0 Å². The average molecular weight is 831 g/mol. The minimum Gasteiger partial charge on any atom is -0.481 e. The van der Waals surface area contributed by atoms with Gasteiger partial charge >= 0.3 is 11.9 Å². The van der Waals surface area contributed by atoms with Crippen molar-refractivity contribution in [2.24, 2.45) is 35.5 Å². The molecule has 4 heterocycles. The molecule has 4 aliphatic carbocycles. The van der Waals surface area contributed by atoms with Gasteiger partial charge in [-0.15, -0.1) is 0 Å². The highest BCUT2D eigenvalue weighted by Crippen LogP contribution is 2.35. The van der Waals surface area contributed by atoms with E-state index in [9.17, 15) is 29.4 Å². The third-order valence-electron chi connectivity index (χ3n) is 15.7. The van der Waals surface area contributed by atoms with E-state index in [-0.39, 0.29) is 23.7 Å². The van der Waals surface area contributed by atoms with Crippen LogP contribution in [0.3, 0.4) is 0 Å². The van der Waals surface area contributed by atoms with E-state index in [1.54, 1.807) is 0 Å². The van der Waals surface area contributed by atoms with Crippen molar-refractivity contribution >= 4 is 23.8 Å². The highest BCUT2D eigenvalue weighted by atomic mass is 16.4. The fourth-order valence-corrected chi connectivity index (χ4v) is 11.7. The Bertz CT molecular complexity index is 1640. The number of rotatable bonds is 12. The van der Waals surface area contributed by atoms with Gasteiger partial charge in [-0.2, -0.15) is 10.2 Å². The maximum Gasteiger partial charge on any atom is 0.306 e. The van der Waals surface area contributed by atoms with Gasteiger partial charge in [0.05, 0.1) is 47.7 Å². The maximum atomic E-state index is 13.0. The summed E-state index contributed by atoms with van der Waals surface area (Å²) in [6.45, 7) is 9.10. The molecular weight excluding hydrogens is 757 g/mol. The molecule has 0 aromatic carbocycles. The van der Waals surface area contributed by atoms with Gasteiger partial charge in [-0.1, -0.05) is 64.2 Å². The minimum atomic E-state index is -0.680. The first-order chi connectivity index (χ1) is 29.0. The van der Waals surface area contributed by atoms with Gasteiger partial charge in [-0.3, -0.25) is 28.5 Å². The number of carbonyl (C=O) groups excluding carboxylic acids is 2. The Labute approximate surface area is 358 Å². The van der Waals surface area contributed by atoms with Crippen molar-refractivity contribution in [1.29, 1.82) is 0 Å². The molecule has 2 N–H and O–H groups in total. The van der Waals surface area contributed by atoms with Crippen molar-refractivity contribution in [2.75, 3.05) is 13.1 Å². The van der Waals surface area contributed by atoms with Crippen LogP contribution in [0.2, 0.25) is 0 Å². The van der Waals surface area contributed by atoms with Gasteiger partial charge in [0, 0.05) is 39.0 Å². The number of carbonyl (C=O) groups is 4. The fourth-order valence-electron chi connectivity index (χ4n) is 11.7. The van der Waals surface area contributed by atoms with Crippen LogP contribution in [0.5, 0.6) is 0 Å². The summed E-state index contributed by atoms with van der Waals surface area (Å²) < 4.78 is 4.38. The molecule has 2 aromatic heterocycles. The van der Waals surface area contributed by atoms with Gasteiger partial charge in [0.2, 0.25) is 11.8 Å². The Kier molecular flexibility index (Phi) is 15.5. The van der Waals surface area contributed by atoms with Crippen molar-refractivity contribution in [3.8, 4) is 0 Å². The molecular formula is C48H74N6O6. The molecule has 0 unspecified atom stereocenters. The lowest BCUT2D eigenvalue weighted by atomic mass is 9.80. The monoisotopic (exact) mass is 831 g/mol. The summed E-state index contributed by atoms with van der Waals surface area (Å²) in [7, 11) is 0. The van der Waals surface area contributed by atoms with Gasteiger partial charge < -0.3 is 20.0 Å². The number of hydrogen-bond donors (Lipinski definition) is 2. The summed E-state index contributed by atoms with van der Waals surface area (Å²) in [5.41, 5.74) is 7.46. The fraction of sp³-hybridized carbons (Fsp3) is 0.792. The van der Waals surface area contributed by atoms with Crippen LogP contribution in [0.1, 0.15) is 175 Å². The molecule has 60 heavy (non-hydrogen) atoms. The third kappa shape index (κ3) is 11.4. The van der Waals surface area contributed by atoms with Crippen molar-refractivity contribution in [3.63, 3.8) is 0 Å². The van der Waals surface area contributed by atoms with Crippen LogP contribution < -0.4 is 0 Å². The normalized spacial score (nSPS) is 25.2. The lowest BCUT2D eigenvalue weighted by Gasteiger charge is -2.31. The standard InChI is InChI=1S/2C24H37N3O3/c2*1-17-21-12-13-26(23(28)15-19-7-9-20(10-8-19)24(29)30)16-22(21)27(25-17)14-11-18-5-3-2-4-6-18/h2*18-20H,2-16H2,1H3,(H,29,30). The van der Waals surface area contributed by atoms with Crippen LogP contribution in [0.4, 0.5) is 0 Å². The van der Waals surface area contributed by atoms with E-state index in [0.717, 1.165) is 87.9 Å². The summed E-state index contributed by atoms with van der Waals surface area (Å²) in [4.78, 5) is 52.3. The number of fused-ring (bicyclic) bond motifs is 2. The zero-order chi connectivity index (χ0) is 42.2. The first kappa shape index (κ1) is 44.4. The molecule has 0 atom stereocenters. The largest absolute Gasteiger partial charge is 0.481 e. The lowest BCUT2D eigenvalue weighted by Crippen LogP contribution is -2.38. The number of carboxylic acid groups (broad SMARTS) is 2. The van der Waals surface area contributed by atoms with Gasteiger partial charge in [-0.05, 0) is 126 Å². The summed E-state index contributed by atoms with van der Waals surface area (Å²) in [5, 5.41) is 28.0. The molecule has 332 valence electrons. The summed E-state index contributed by atoms with van der Waals surface area (Å²) in [6, 6.07) is 0. The van der Waals surface area contributed by atoms with Crippen molar-refractivity contribution in [3.05, 3.63) is 33.9 Å². The average Bonchev–Trinajstić information content (AvgIpc) is 3.76. The summed E-state index contributed by atoms with van der Waals surface area (Å²) in [6.07, 6.45) is 25.3. The highest BCUT2D eigenvalue weighted by Gasteiger charge is 2.33. The SMILES string of the molecule is Cc1nn(CCC2CCCCC2)c2c1CCN(C(=O)CC1CCC(C(=O)O)CC1)C2.Cc1nn(CCC2CCCCC2)c2c1CCN(C(=O)CC1CCC(C(=O)O)CC1)C2. The second-order valence-electron chi connectivity index (χ2n) is 19.7. The van der Waals surface area contributed by atoms with Gasteiger partial charge in [0.1, 0.15) is 0 Å². The molecule has 12 heteroatoms. The molecule has 2 aromatic rings. The molecule has 0 bridgehead atoms. The van der Waals surface area contributed by atoms with Gasteiger partial charge in [0.15, 0.2) is 0 Å². The zero-order valence-electron chi connectivity index (χ0n) is 36.9. The molecule has 0 radical (unpaired) electrons. The Morgan fingerprint density at radius 1 is 0.517 bits per heavy atom. The van der Waals surface area contributed by atoms with Crippen molar-refractivity contribution < 1.29 is 29.4 Å². The topological polar surface area (TPSA) is 151 Å². The Morgan fingerprint density at radius 3 is 1.23 bits per heavy atom. The predicted octanol–water partition coefficient (Wildman–Crippen LogP) is 8.66. The number of carboxylic acids is 2. The lowest BCUT2D eigenvalue weighted by molar-refractivity contribution is -0.144. The number of hydrogen-bond acceptors (Lipinski definition) is 6. The van der Waals surface area contributed by atoms with E-state index in [2.05, 4.69) is 23.2 Å². The molecule has 0 saturated heterocycles. The Morgan fingerprint density at radius 2 is 0.883 bits per heavy atom. The third-order valence-corrected chi connectivity index (χ3v) is 15.7. The zero-order valence-corrected chi connectivity index (χ0v) is 36.9. The summed E-state index contributed by atoms with van der Waals surface area (Å²) in [5.74, 6) is 1.03. The highest BCUT2D eigenvalue weighted by molar-refractivity contribution is 5.77. The van der Waals surface area contributed by atoms with E-state index in [4.69, 9.17) is 10.2 Å². The molecule has 8 rings (SSSR count). The van der Waals surface area contributed by atoms with Crippen molar-refractivity contribution in [2.45, 2.75) is 194 Å².